The van der Waals surface area contributed by atoms with Crippen molar-refractivity contribution in [1.29, 1.82) is 0 Å². The van der Waals surface area contributed by atoms with Crippen molar-refractivity contribution in [2.45, 2.75) is 87.6 Å². The molecule has 3 N–H and O–H groups in total. The monoisotopic (exact) mass is 668 g/mol. The number of para-hydroxylation sites is 1. The van der Waals surface area contributed by atoms with Crippen LogP contribution in [-0.2, 0) is 28.5 Å². The Balaban J connectivity index is 1.23. The van der Waals surface area contributed by atoms with Crippen molar-refractivity contribution in [3.05, 3.63) is 29.8 Å². The van der Waals surface area contributed by atoms with E-state index in [1.54, 1.807) is 52.5 Å². The van der Waals surface area contributed by atoms with Gasteiger partial charge in [-0.3, -0.25) is 14.5 Å². The van der Waals surface area contributed by atoms with E-state index in [1.165, 1.54) is 0 Å². The predicted octanol–water partition coefficient (Wildman–Crippen LogP) is 1.38. The number of amides is 2. The highest BCUT2D eigenvalue weighted by Gasteiger charge is 2.91. The Bertz CT molecular complexity index is 1540. The van der Waals surface area contributed by atoms with Crippen LogP contribution in [0, 0.1) is 40.4 Å². The molecule has 0 radical (unpaired) electrons. The van der Waals surface area contributed by atoms with E-state index >= 15 is 0 Å². The number of aliphatic hydroxyl groups excluding tert-OH is 1. The van der Waals surface area contributed by atoms with Gasteiger partial charge in [-0.15, -0.1) is 0 Å². The number of likely N-dealkylation sites (N-methyl/N-ethyl adjacent to an activating group) is 1. The third-order valence-electron chi connectivity index (χ3n) is 14.3. The predicted molar refractivity (Wildman–Crippen MR) is 170 cm³/mol. The van der Waals surface area contributed by atoms with Gasteiger partial charge in [0.25, 0.3) is 0 Å². The number of aliphatic hydroxyl groups is 3. The molecule has 14 atom stereocenters. The molecule has 48 heavy (non-hydrogen) atoms. The molecule has 2 heterocycles. The van der Waals surface area contributed by atoms with Crippen LogP contribution in [0.2, 0.25) is 0 Å². The molecule has 2 aliphatic heterocycles. The fraction of sp³-hybridized carbons (Fsp3) is 0.750. The van der Waals surface area contributed by atoms with E-state index < -0.39 is 64.2 Å². The summed E-state index contributed by atoms with van der Waals surface area (Å²) >= 11 is 0. The van der Waals surface area contributed by atoms with Crippen LogP contribution in [0.1, 0.15) is 56.3 Å². The van der Waals surface area contributed by atoms with Gasteiger partial charge in [-0.2, -0.15) is 0 Å². The minimum absolute atomic E-state index is 0.00294. The Hall–Kier alpha value is -2.45. The first-order chi connectivity index (χ1) is 22.9. The number of likely N-dealkylation sites (tertiary alicyclic amines) is 1. The van der Waals surface area contributed by atoms with Crippen molar-refractivity contribution in [3.63, 3.8) is 0 Å². The second-order valence-electron chi connectivity index (χ2n) is 15.7. The Morgan fingerprint density at radius 3 is 2.48 bits per heavy atom. The van der Waals surface area contributed by atoms with Gasteiger partial charge in [-0.25, -0.2) is 9.69 Å². The molecule has 0 aromatic heterocycles. The number of benzene rings is 1. The lowest BCUT2D eigenvalue weighted by atomic mass is 9.42. The summed E-state index contributed by atoms with van der Waals surface area (Å²) in [6.45, 7) is 4.81. The van der Waals surface area contributed by atoms with Crippen LogP contribution < -0.4 is 4.90 Å². The first-order valence-corrected chi connectivity index (χ1v) is 17.5. The van der Waals surface area contributed by atoms with E-state index in [2.05, 4.69) is 4.90 Å². The highest BCUT2D eigenvalue weighted by molar-refractivity contribution is 6.22. The summed E-state index contributed by atoms with van der Waals surface area (Å²) in [4.78, 5) is 43.1. The molecule has 262 valence electrons. The molecule has 7 aliphatic rings. The van der Waals surface area contributed by atoms with Crippen LogP contribution >= 0.6 is 0 Å². The number of methoxy groups -OCH3 is 3. The molecular weight excluding hydrogens is 620 g/mol. The van der Waals surface area contributed by atoms with Crippen LogP contribution in [0.3, 0.4) is 0 Å². The lowest BCUT2D eigenvalue weighted by Crippen LogP contribution is -2.82. The van der Waals surface area contributed by atoms with Crippen LogP contribution in [0.15, 0.2) is 24.3 Å². The molecule has 5 aliphatic carbocycles. The molecule has 5 saturated carbocycles. The third kappa shape index (κ3) is 3.62. The van der Waals surface area contributed by atoms with E-state index in [-0.39, 0.29) is 66.4 Å². The van der Waals surface area contributed by atoms with Crippen molar-refractivity contribution in [3.8, 4) is 0 Å². The van der Waals surface area contributed by atoms with Gasteiger partial charge in [0.15, 0.2) is 0 Å². The Labute approximate surface area is 280 Å². The number of nitrogens with zero attached hydrogens (tertiary/aromatic N) is 2. The Kier molecular flexibility index (Phi) is 7.35. The van der Waals surface area contributed by atoms with E-state index in [9.17, 15) is 29.7 Å². The van der Waals surface area contributed by atoms with E-state index in [0.717, 1.165) is 4.90 Å². The topological polar surface area (TPSA) is 155 Å². The molecule has 1 aromatic rings. The van der Waals surface area contributed by atoms with Crippen LogP contribution in [0.4, 0.5) is 5.69 Å². The van der Waals surface area contributed by atoms with Crippen LogP contribution in [0.5, 0.6) is 0 Å². The van der Waals surface area contributed by atoms with Gasteiger partial charge in [-0.1, -0.05) is 26.0 Å². The van der Waals surface area contributed by atoms with E-state index in [4.69, 9.17) is 18.9 Å². The fourth-order valence-electron chi connectivity index (χ4n) is 12.9. The van der Waals surface area contributed by atoms with Crippen molar-refractivity contribution in [2.75, 3.05) is 45.9 Å². The molecule has 8 rings (SSSR count). The quantitative estimate of drug-likeness (QED) is 0.272. The number of fused-ring (bicyclic) bond motifs is 2. The van der Waals surface area contributed by atoms with Gasteiger partial charge in [-0.05, 0) is 43.9 Å². The summed E-state index contributed by atoms with van der Waals surface area (Å²) in [5.74, 6) is -3.18. The van der Waals surface area contributed by atoms with E-state index in [1.807, 2.05) is 6.92 Å². The van der Waals surface area contributed by atoms with Crippen molar-refractivity contribution >= 4 is 23.5 Å². The first kappa shape index (κ1) is 32.7. The van der Waals surface area contributed by atoms with Crippen molar-refractivity contribution < 1.29 is 48.7 Å². The highest BCUT2D eigenvalue weighted by Crippen LogP contribution is 2.80. The number of carbonyl (C=O) groups is 3. The average Bonchev–Trinajstić information content (AvgIpc) is 3.56. The molecule has 7 fully saturated rings. The molecule has 2 amide bonds. The smallest absolute Gasteiger partial charge is 0.340 e. The number of hydrogen-bond donors (Lipinski definition) is 3. The Morgan fingerprint density at radius 1 is 1.08 bits per heavy atom. The van der Waals surface area contributed by atoms with Gasteiger partial charge in [0.05, 0.1) is 48.3 Å². The molecule has 7 bridgehead atoms. The highest BCUT2D eigenvalue weighted by atomic mass is 16.5. The molecule has 12 nitrogen and oxygen atoms in total. The number of anilines is 1. The average molecular weight is 669 g/mol. The van der Waals surface area contributed by atoms with Gasteiger partial charge >= 0.3 is 5.97 Å². The number of rotatable bonds is 8. The number of hydrogen-bond acceptors (Lipinski definition) is 11. The number of piperidine rings is 1. The van der Waals surface area contributed by atoms with Gasteiger partial charge in [0.2, 0.25) is 11.8 Å². The number of ether oxygens (including phenoxy) is 4. The maximum Gasteiger partial charge on any atom is 0.340 e. The molecular formula is C36H48N2O10. The molecule has 1 aromatic carbocycles. The summed E-state index contributed by atoms with van der Waals surface area (Å²) in [7, 11) is 4.87. The zero-order chi connectivity index (χ0) is 34.1. The summed E-state index contributed by atoms with van der Waals surface area (Å²) in [6, 6.07) is 6.01. The summed E-state index contributed by atoms with van der Waals surface area (Å²) in [5.41, 5.74) is -4.53. The summed E-state index contributed by atoms with van der Waals surface area (Å²) in [6.07, 6.45) is -0.287. The Morgan fingerprint density at radius 2 is 1.83 bits per heavy atom. The minimum atomic E-state index is -1.77. The standard InChI is InChI=1S/C36H48N2O10/c1-6-37-16-33(17-48-31(42)19-9-7-8-10-22(19)38-25(39)13-18(2)30(38)41)12-11-24(46-4)35-21-14-20-23(45-3)15-34(43,26(21)27(20)40)36(44,32(35)37)29(47-5)28(33)35/h7-10,18,20-21,23-24,26-29,32,40,43-44H,6,11-17H2,1-5H3/t18-,20+,21+,23-,24-,26+,27-,28+,29-,32?,33-,34+,35?,36?/m0/s1. The van der Waals surface area contributed by atoms with Gasteiger partial charge in [0, 0.05) is 75.2 Å². The number of esters is 1. The third-order valence-corrected chi connectivity index (χ3v) is 14.3. The van der Waals surface area contributed by atoms with Crippen molar-refractivity contribution in [2.24, 2.45) is 40.4 Å². The molecule has 2 saturated heterocycles. The zero-order valence-corrected chi connectivity index (χ0v) is 28.3. The lowest BCUT2D eigenvalue weighted by molar-refractivity contribution is -0.318. The van der Waals surface area contributed by atoms with E-state index in [0.29, 0.717) is 32.4 Å². The largest absolute Gasteiger partial charge is 0.461 e. The maximum absolute atomic E-state index is 14.0. The van der Waals surface area contributed by atoms with Crippen LogP contribution in [-0.4, -0.2) is 121 Å². The van der Waals surface area contributed by atoms with Crippen LogP contribution in [0.25, 0.3) is 0 Å². The molecule has 1 spiro atoms. The summed E-state index contributed by atoms with van der Waals surface area (Å²) in [5, 5.41) is 38.0. The number of imide groups is 1. The number of carbonyl (C=O) groups excluding carboxylic acids is 3. The second-order valence-corrected chi connectivity index (χ2v) is 15.7. The zero-order valence-electron chi connectivity index (χ0n) is 28.3. The molecule has 3 unspecified atom stereocenters. The first-order valence-electron chi connectivity index (χ1n) is 17.5. The van der Waals surface area contributed by atoms with Gasteiger partial charge in [0.1, 0.15) is 11.2 Å². The molecule has 12 heteroatoms. The summed E-state index contributed by atoms with van der Waals surface area (Å²) < 4.78 is 24.8. The normalized spacial score (nSPS) is 48.7. The van der Waals surface area contributed by atoms with Gasteiger partial charge < -0.3 is 34.3 Å². The SMILES string of the molecule is CCN1C[C@]2(COC(=O)c3ccccc3N3C(=O)C[C@H](C)C3=O)CC[C@H](OC)C34C1C(O)([C@@H](OC)[C@@H]32)[C@@]1(O)C[C@H](OC)[C@H]2C[C@@H]4[C@@H]1[C@H]2O. The lowest BCUT2D eigenvalue weighted by Gasteiger charge is -2.70. The second kappa shape index (κ2) is 10.8. The van der Waals surface area contributed by atoms with Crippen molar-refractivity contribution in [1.82, 2.24) is 4.90 Å². The maximum atomic E-state index is 14.0. The minimum Gasteiger partial charge on any atom is -0.461 e. The fourth-order valence-corrected chi connectivity index (χ4v) is 12.9.